The lowest BCUT2D eigenvalue weighted by molar-refractivity contribution is 0.0657. The molecule has 144 valence electrons. The maximum absolute atomic E-state index is 14.0. The number of phenolic OH excluding ortho intramolecular Hbond substituents is 1. The molecular weight excluding hydrogens is 369 g/mol. The molecule has 3 rings (SSSR count). The average molecular weight is 385 g/mol. The number of nitrogens with one attached hydrogen (secondary N) is 2. The highest BCUT2D eigenvalue weighted by molar-refractivity contribution is 5.64. The number of hydrogen-bond donors (Lipinski definition) is 4. The number of aromatic nitrogens is 2. The summed E-state index contributed by atoms with van der Waals surface area (Å²) >= 11 is 0. The number of nitrogens with two attached hydrogens (primary N) is 1. The lowest BCUT2D eigenvalue weighted by Gasteiger charge is -2.10. The number of aromatic hydroxyl groups is 1. The fourth-order valence-electron chi connectivity index (χ4n) is 2.15. The fourth-order valence-corrected chi connectivity index (χ4v) is 2.15. The first-order chi connectivity index (χ1) is 13.5. The molecule has 1 heterocycles. The molecule has 0 radical (unpaired) electrons. The van der Waals surface area contributed by atoms with Gasteiger partial charge in [-0.3, -0.25) is 0 Å². The largest absolute Gasteiger partial charge is 0.508 e. The molecular formula is C18H16FN5O4. The van der Waals surface area contributed by atoms with E-state index in [1.54, 1.807) is 36.4 Å². The molecule has 0 atom stereocenters. The maximum atomic E-state index is 14.0. The van der Waals surface area contributed by atoms with Gasteiger partial charge in [0.1, 0.15) is 11.5 Å². The van der Waals surface area contributed by atoms with E-state index in [9.17, 15) is 14.3 Å². The van der Waals surface area contributed by atoms with Crippen LogP contribution in [-0.4, -0.2) is 28.0 Å². The van der Waals surface area contributed by atoms with Crippen molar-refractivity contribution >= 4 is 29.2 Å². The van der Waals surface area contributed by atoms with E-state index in [1.807, 2.05) is 0 Å². The zero-order valence-electron chi connectivity index (χ0n) is 14.4. The van der Waals surface area contributed by atoms with E-state index in [2.05, 4.69) is 25.3 Å². The predicted octanol–water partition coefficient (Wildman–Crippen LogP) is 3.24. The summed E-state index contributed by atoms with van der Waals surface area (Å²) < 4.78 is 23.6. The van der Waals surface area contributed by atoms with Crippen LogP contribution in [0.4, 0.5) is 32.3 Å². The maximum Gasteiger partial charge on any atom is 0.407 e. The van der Waals surface area contributed by atoms with E-state index in [0.29, 0.717) is 17.1 Å². The van der Waals surface area contributed by atoms with E-state index in [1.165, 1.54) is 12.1 Å². The molecule has 0 aliphatic heterocycles. The summed E-state index contributed by atoms with van der Waals surface area (Å²) in [5, 5.41) is 15.2. The number of halogens is 1. The Balaban J connectivity index is 1.66. The molecule has 0 saturated heterocycles. The smallest absolute Gasteiger partial charge is 0.407 e. The number of carbonyl (C=O) groups excluding carboxylic acids is 1. The first kappa shape index (κ1) is 18.7. The van der Waals surface area contributed by atoms with Crippen molar-refractivity contribution in [2.45, 2.75) is 0 Å². The third-order valence-corrected chi connectivity index (χ3v) is 3.39. The highest BCUT2D eigenvalue weighted by Crippen LogP contribution is 2.23. The van der Waals surface area contributed by atoms with Crippen molar-refractivity contribution in [2.75, 3.05) is 17.4 Å². The molecule has 0 aliphatic carbocycles. The summed E-state index contributed by atoms with van der Waals surface area (Å²) in [6.07, 6.45) is 0.0981. The van der Waals surface area contributed by atoms with Crippen molar-refractivity contribution in [1.29, 1.82) is 0 Å². The van der Waals surface area contributed by atoms with Crippen LogP contribution in [0.5, 0.6) is 11.5 Å². The Morgan fingerprint density at radius 3 is 2.64 bits per heavy atom. The Kier molecular flexibility index (Phi) is 5.70. The third kappa shape index (κ3) is 5.21. The fraction of sp³-hybridized carbons (Fsp3) is 0.0556. The molecule has 0 saturated carbocycles. The van der Waals surface area contributed by atoms with Gasteiger partial charge in [-0.25, -0.2) is 14.2 Å². The number of amides is 1. The predicted molar refractivity (Wildman–Crippen MR) is 99.3 cm³/mol. The number of carbonyl (C=O) groups is 1. The van der Waals surface area contributed by atoms with Gasteiger partial charge in [-0.2, -0.15) is 4.98 Å². The molecule has 2 aromatic carbocycles. The molecule has 0 fully saturated rings. The third-order valence-electron chi connectivity index (χ3n) is 3.39. The van der Waals surface area contributed by atoms with Crippen molar-refractivity contribution in [3.8, 4) is 11.5 Å². The molecule has 28 heavy (non-hydrogen) atoms. The van der Waals surface area contributed by atoms with Crippen molar-refractivity contribution in [1.82, 2.24) is 9.97 Å². The van der Waals surface area contributed by atoms with Crippen LogP contribution in [0.3, 0.4) is 0 Å². The number of rotatable bonds is 7. The topological polar surface area (TPSA) is 132 Å². The lowest BCUT2D eigenvalue weighted by atomic mass is 10.3. The lowest BCUT2D eigenvalue weighted by Crippen LogP contribution is -2.16. The van der Waals surface area contributed by atoms with Crippen LogP contribution in [-0.2, 0) is 4.74 Å². The van der Waals surface area contributed by atoms with Crippen molar-refractivity contribution in [3.05, 3.63) is 60.5 Å². The first-order valence-corrected chi connectivity index (χ1v) is 8.00. The summed E-state index contributed by atoms with van der Waals surface area (Å²) in [4.78, 5) is 18.5. The molecule has 5 N–H and O–H groups in total. The Bertz CT molecular complexity index is 968. The molecule has 0 bridgehead atoms. The minimum absolute atomic E-state index is 0.0429. The van der Waals surface area contributed by atoms with Gasteiger partial charge in [0.05, 0.1) is 6.20 Å². The molecule has 9 nitrogen and oxygen atoms in total. The number of primary amides is 1. The van der Waals surface area contributed by atoms with E-state index in [-0.39, 0.29) is 24.3 Å². The van der Waals surface area contributed by atoms with Gasteiger partial charge < -0.3 is 30.9 Å². The molecule has 10 heteroatoms. The van der Waals surface area contributed by atoms with E-state index in [0.717, 1.165) is 6.20 Å². The number of benzene rings is 2. The van der Waals surface area contributed by atoms with Crippen LogP contribution in [0.25, 0.3) is 0 Å². The number of nitrogens with zero attached hydrogens (tertiary/aromatic N) is 2. The zero-order valence-corrected chi connectivity index (χ0v) is 14.4. The van der Waals surface area contributed by atoms with Gasteiger partial charge in [0.2, 0.25) is 12.7 Å². The second-order valence-electron chi connectivity index (χ2n) is 5.44. The monoisotopic (exact) mass is 385 g/mol. The van der Waals surface area contributed by atoms with Crippen LogP contribution in [0.15, 0.2) is 54.7 Å². The summed E-state index contributed by atoms with van der Waals surface area (Å²) in [5.74, 6) is -0.0343. The molecule has 3 aromatic rings. The van der Waals surface area contributed by atoms with Gasteiger partial charge >= 0.3 is 6.09 Å². The van der Waals surface area contributed by atoms with Crippen LogP contribution < -0.4 is 21.1 Å². The first-order valence-electron chi connectivity index (χ1n) is 8.00. The van der Waals surface area contributed by atoms with E-state index < -0.39 is 11.9 Å². The SMILES string of the molecule is NC(=O)OCOc1ccc(Nc2ncc(F)c(Nc3cccc(O)c3)n2)cc1. The Morgan fingerprint density at radius 1 is 1.14 bits per heavy atom. The molecule has 1 aromatic heterocycles. The van der Waals surface area contributed by atoms with Crippen molar-refractivity contribution in [2.24, 2.45) is 5.73 Å². The summed E-state index contributed by atoms with van der Waals surface area (Å²) in [6.45, 7) is -0.298. The minimum atomic E-state index is -0.929. The summed E-state index contributed by atoms with van der Waals surface area (Å²) in [6, 6.07) is 12.8. The van der Waals surface area contributed by atoms with Gasteiger partial charge in [0.25, 0.3) is 0 Å². The van der Waals surface area contributed by atoms with Gasteiger partial charge in [-0.15, -0.1) is 0 Å². The standard InChI is InChI=1S/C18H16FN5O4/c19-15-9-21-18(24-16(15)22-12-2-1-3-13(25)8-12)23-11-4-6-14(7-5-11)27-10-28-17(20)26/h1-9,25H,10H2,(H2,20,26)(H2,21,22,23,24). The minimum Gasteiger partial charge on any atom is -0.508 e. The van der Waals surface area contributed by atoms with Crippen LogP contribution in [0.2, 0.25) is 0 Å². The van der Waals surface area contributed by atoms with Gasteiger partial charge in [0.15, 0.2) is 11.6 Å². The van der Waals surface area contributed by atoms with Gasteiger partial charge in [0, 0.05) is 17.4 Å². The van der Waals surface area contributed by atoms with Crippen molar-refractivity contribution < 1.29 is 23.8 Å². The quantitative estimate of drug-likeness (QED) is 0.456. The highest BCUT2D eigenvalue weighted by Gasteiger charge is 2.08. The second-order valence-corrected chi connectivity index (χ2v) is 5.44. The molecule has 0 unspecified atom stereocenters. The van der Waals surface area contributed by atoms with E-state index >= 15 is 0 Å². The normalized spacial score (nSPS) is 10.2. The Hall–Kier alpha value is -4.08. The summed E-state index contributed by atoms with van der Waals surface area (Å²) in [5.41, 5.74) is 5.93. The van der Waals surface area contributed by atoms with Gasteiger partial charge in [-0.1, -0.05) is 6.07 Å². The number of anilines is 4. The Labute approximate surface area is 159 Å². The van der Waals surface area contributed by atoms with Crippen molar-refractivity contribution in [3.63, 3.8) is 0 Å². The average Bonchev–Trinajstić information content (AvgIpc) is 2.66. The highest BCUT2D eigenvalue weighted by atomic mass is 19.1. The summed E-state index contributed by atoms with van der Waals surface area (Å²) in [7, 11) is 0. The second kappa shape index (κ2) is 8.54. The molecule has 0 aliphatic rings. The molecule has 0 spiro atoms. The van der Waals surface area contributed by atoms with Crippen LogP contribution in [0, 0.1) is 5.82 Å². The Morgan fingerprint density at radius 2 is 1.93 bits per heavy atom. The molecule has 1 amide bonds. The number of phenols is 1. The zero-order chi connectivity index (χ0) is 19.9. The van der Waals surface area contributed by atoms with Gasteiger partial charge in [-0.05, 0) is 36.4 Å². The number of hydrogen-bond acceptors (Lipinski definition) is 8. The van der Waals surface area contributed by atoms with Crippen LogP contribution in [0.1, 0.15) is 0 Å². The number of ether oxygens (including phenoxy) is 2. The van der Waals surface area contributed by atoms with E-state index in [4.69, 9.17) is 10.5 Å². The van der Waals surface area contributed by atoms with Crippen LogP contribution >= 0.6 is 0 Å².